The van der Waals surface area contributed by atoms with E-state index < -0.39 is 17.8 Å². The smallest absolute Gasteiger partial charge is 0.343 e. The summed E-state index contributed by atoms with van der Waals surface area (Å²) >= 11 is 3.37. The number of ether oxygens (including phenoxy) is 4. The third kappa shape index (κ3) is 7.10. The number of methoxy groups -OCH3 is 3. The lowest BCUT2D eigenvalue weighted by Gasteiger charge is -2.14. The molecule has 3 aromatic carbocycles. The largest absolute Gasteiger partial charge is 0.493 e. The number of nitrogens with one attached hydrogen (secondary N) is 2. The molecule has 0 saturated carbocycles. The molecule has 0 aromatic heterocycles. The highest BCUT2D eigenvalue weighted by molar-refractivity contribution is 9.10. The second kappa shape index (κ2) is 13.2. The van der Waals surface area contributed by atoms with Crippen molar-refractivity contribution >= 4 is 39.9 Å². The fourth-order valence-corrected chi connectivity index (χ4v) is 3.74. The molecule has 3 aromatic rings. The van der Waals surface area contributed by atoms with Gasteiger partial charge in [0.15, 0.2) is 11.5 Å². The molecule has 0 spiro atoms. The van der Waals surface area contributed by atoms with E-state index in [-0.39, 0.29) is 17.9 Å². The maximum absolute atomic E-state index is 12.6. The van der Waals surface area contributed by atoms with Crippen LogP contribution in [0.3, 0.4) is 0 Å². The van der Waals surface area contributed by atoms with Crippen LogP contribution in [0.4, 0.5) is 0 Å². The molecule has 0 radical (unpaired) electrons. The predicted molar refractivity (Wildman–Crippen MR) is 144 cm³/mol. The van der Waals surface area contributed by atoms with Crippen molar-refractivity contribution in [1.82, 2.24) is 10.7 Å². The van der Waals surface area contributed by atoms with Crippen molar-refractivity contribution in [3.63, 3.8) is 0 Å². The summed E-state index contributed by atoms with van der Waals surface area (Å²) in [4.78, 5) is 37.5. The van der Waals surface area contributed by atoms with E-state index in [0.29, 0.717) is 28.4 Å². The first-order valence-corrected chi connectivity index (χ1v) is 12.0. The minimum absolute atomic E-state index is 0.213. The number of esters is 1. The van der Waals surface area contributed by atoms with Crippen molar-refractivity contribution < 1.29 is 33.3 Å². The molecular formula is C27H26BrN3O7. The summed E-state index contributed by atoms with van der Waals surface area (Å²) < 4.78 is 22.0. The van der Waals surface area contributed by atoms with Gasteiger partial charge in [-0.1, -0.05) is 34.1 Å². The highest BCUT2D eigenvalue weighted by atomic mass is 79.9. The Morgan fingerprint density at radius 2 is 1.61 bits per heavy atom. The quantitative estimate of drug-likeness (QED) is 0.160. The van der Waals surface area contributed by atoms with Crippen LogP contribution in [0.25, 0.3) is 0 Å². The van der Waals surface area contributed by atoms with Gasteiger partial charge in [-0.2, -0.15) is 5.10 Å². The average molecular weight is 584 g/mol. The number of hydrogen-bond acceptors (Lipinski definition) is 8. The molecule has 0 unspecified atom stereocenters. The van der Waals surface area contributed by atoms with Crippen LogP contribution in [-0.2, 0) is 4.79 Å². The zero-order valence-electron chi connectivity index (χ0n) is 21.2. The van der Waals surface area contributed by atoms with Crippen LogP contribution in [0.1, 0.15) is 31.8 Å². The molecule has 2 amide bonds. The van der Waals surface area contributed by atoms with Gasteiger partial charge >= 0.3 is 5.97 Å². The third-order valence-electron chi connectivity index (χ3n) is 5.27. The molecule has 0 fully saturated rings. The van der Waals surface area contributed by atoms with Gasteiger partial charge in [-0.3, -0.25) is 9.59 Å². The maximum Gasteiger partial charge on any atom is 0.343 e. The molecule has 198 valence electrons. The van der Waals surface area contributed by atoms with Gasteiger partial charge in [0.1, 0.15) is 5.75 Å². The van der Waals surface area contributed by atoms with Crippen molar-refractivity contribution in [2.45, 2.75) is 6.92 Å². The number of nitrogens with zero attached hydrogens (tertiary/aromatic N) is 1. The monoisotopic (exact) mass is 583 g/mol. The number of aryl methyl sites for hydroxylation is 1. The van der Waals surface area contributed by atoms with Gasteiger partial charge in [-0.05, 0) is 48.9 Å². The normalized spacial score (nSPS) is 10.6. The van der Waals surface area contributed by atoms with Gasteiger partial charge in [0.25, 0.3) is 11.8 Å². The van der Waals surface area contributed by atoms with E-state index >= 15 is 0 Å². The summed E-state index contributed by atoms with van der Waals surface area (Å²) in [5.41, 5.74) is 4.22. The Morgan fingerprint density at radius 1 is 0.921 bits per heavy atom. The van der Waals surface area contributed by atoms with Crippen LogP contribution < -0.4 is 29.7 Å². The molecule has 3 rings (SSSR count). The first-order valence-electron chi connectivity index (χ1n) is 11.2. The zero-order chi connectivity index (χ0) is 27.7. The highest BCUT2D eigenvalue weighted by Gasteiger charge is 2.18. The van der Waals surface area contributed by atoms with Crippen molar-refractivity contribution in [3.05, 3.63) is 81.3 Å². The molecule has 0 aliphatic carbocycles. The van der Waals surface area contributed by atoms with Gasteiger partial charge in [0.2, 0.25) is 5.75 Å². The minimum atomic E-state index is -0.574. The molecular weight excluding hydrogens is 558 g/mol. The van der Waals surface area contributed by atoms with E-state index in [1.165, 1.54) is 39.7 Å². The standard InChI is InChI=1S/C27H26BrN3O7/c1-16-7-5-6-8-20(16)27(34)38-21-10-9-19(28)11-18(21)14-30-31-24(32)15-29-26(33)17-12-22(35-2)25(37-4)23(13-17)36-3/h5-14H,15H2,1-4H3,(H,29,33)(H,31,32)/b30-14+. The lowest BCUT2D eigenvalue weighted by atomic mass is 10.1. The summed E-state index contributed by atoms with van der Waals surface area (Å²) in [5, 5.41) is 6.43. The van der Waals surface area contributed by atoms with E-state index in [1.54, 1.807) is 30.3 Å². The highest BCUT2D eigenvalue weighted by Crippen LogP contribution is 2.38. The summed E-state index contributed by atoms with van der Waals surface area (Å²) in [7, 11) is 4.33. The Hall–Kier alpha value is -4.38. The molecule has 38 heavy (non-hydrogen) atoms. The molecule has 0 saturated heterocycles. The predicted octanol–water partition coefficient (Wildman–Crippen LogP) is 3.88. The molecule has 11 heteroatoms. The Bertz CT molecular complexity index is 1350. The average Bonchev–Trinajstić information content (AvgIpc) is 2.92. The van der Waals surface area contributed by atoms with E-state index in [1.807, 2.05) is 19.1 Å². The third-order valence-corrected chi connectivity index (χ3v) is 5.76. The molecule has 10 nitrogen and oxygen atoms in total. The molecule has 0 aliphatic rings. The Labute approximate surface area is 228 Å². The Balaban J connectivity index is 1.63. The second-order valence-corrected chi connectivity index (χ2v) is 8.69. The number of hydrogen-bond donors (Lipinski definition) is 2. The Kier molecular flexibility index (Phi) is 9.83. The second-order valence-electron chi connectivity index (χ2n) is 7.78. The minimum Gasteiger partial charge on any atom is -0.493 e. The lowest BCUT2D eigenvalue weighted by Crippen LogP contribution is -2.35. The van der Waals surface area contributed by atoms with Crippen LogP contribution in [0.15, 0.2) is 64.2 Å². The lowest BCUT2D eigenvalue weighted by molar-refractivity contribution is -0.120. The number of carbonyl (C=O) groups excluding carboxylic acids is 3. The summed E-state index contributed by atoms with van der Waals surface area (Å²) in [6, 6.07) is 15.0. The van der Waals surface area contributed by atoms with Crippen LogP contribution in [0.2, 0.25) is 0 Å². The fourth-order valence-electron chi connectivity index (χ4n) is 3.36. The van der Waals surface area contributed by atoms with E-state index in [2.05, 4.69) is 31.8 Å². The number of halogens is 1. The molecule has 2 N–H and O–H groups in total. The maximum atomic E-state index is 12.6. The van der Waals surface area contributed by atoms with Crippen LogP contribution >= 0.6 is 15.9 Å². The molecule has 0 heterocycles. The number of benzene rings is 3. The number of rotatable bonds is 10. The van der Waals surface area contributed by atoms with E-state index in [0.717, 1.165) is 10.0 Å². The van der Waals surface area contributed by atoms with Crippen molar-refractivity contribution in [2.75, 3.05) is 27.9 Å². The summed E-state index contributed by atoms with van der Waals surface area (Å²) in [6.45, 7) is 1.47. The number of amides is 2. The van der Waals surface area contributed by atoms with Gasteiger partial charge in [0, 0.05) is 15.6 Å². The topological polar surface area (TPSA) is 125 Å². The van der Waals surface area contributed by atoms with Crippen LogP contribution in [0.5, 0.6) is 23.0 Å². The first-order chi connectivity index (χ1) is 18.3. The van der Waals surface area contributed by atoms with Crippen molar-refractivity contribution in [2.24, 2.45) is 5.10 Å². The Morgan fingerprint density at radius 3 is 2.24 bits per heavy atom. The van der Waals surface area contributed by atoms with Gasteiger partial charge < -0.3 is 24.3 Å². The van der Waals surface area contributed by atoms with Crippen molar-refractivity contribution in [3.8, 4) is 23.0 Å². The summed E-state index contributed by atoms with van der Waals surface area (Å²) in [6.07, 6.45) is 1.34. The van der Waals surface area contributed by atoms with Gasteiger partial charge in [0.05, 0.1) is 39.7 Å². The van der Waals surface area contributed by atoms with Crippen LogP contribution in [-0.4, -0.2) is 51.9 Å². The molecule has 0 aliphatic heterocycles. The van der Waals surface area contributed by atoms with E-state index in [4.69, 9.17) is 18.9 Å². The molecule has 0 bridgehead atoms. The first kappa shape index (κ1) is 28.2. The number of carbonyl (C=O) groups is 3. The fraction of sp³-hybridized carbons (Fsp3) is 0.185. The zero-order valence-corrected chi connectivity index (χ0v) is 22.7. The molecule has 0 atom stereocenters. The SMILES string of the molecule is COc1cc(C(=O)NCC(=O)N/N=C/c2cc(Br)ccc2OC(=O)c2ccccc2C)cc(OC)c1OC. The van der Waals surface area contributed by atoms with E-state index in [9.17, 15) is 14.4 Å². The van der Waals surface area contributed by atoms with Crippen molar-refractivity contribution in [1.29, 1.82) is 0 Å². The van der Waals surface area contributed by atoms with Gasteiger partial charge in [-0.25, -0.2) is 10.2 Å². The van der Waals surface area contributed by atoms with Crippen LogP contribution in [0, 0.1) is 6.92 Å². The summed E-state index contributed by atoms with van der Waals surface area (Å²) in [5.74, 6) is -0.404. The number of hydrazone groups is 1. The van der Waals surface area contributed by atoms with Gasteiger partial charge in [-0.15, -0.1) is 0 Å².